The summed E-state index contributed by atoms with van der Waals surface area (Å²) >= 11 is 1.61. The molecule has 0 aliphatic carbocycles. The zero-order valence-corrected chi connectivity index (χ0v) is 21.2. The molecule has 36 heavy (non-hydrogen) atoms. The second-order valence-electron chi connectivity index (χ2n) is 9.93. The van der Waals surface area contributed by atoms with E-state index in [1.807, 2.05) is 19.2 Å². The summed E-state index contributed by atoms with van der Waals surface area (Å²) < 4.78 is 53.8. The standard InChI is InChI=1S/C28H30F4N2OS/c1-19(2)13-34(27(35)21-6-8-25(29)9-7-21)16-23-15-33(14-20-10-11-36-18-20)17-26(23)22-4-3-5-24(12-22)28(30,31)32/h3-12,18-19,23,26H,13-17H2,1-2H3/t23-,26-/m1/s1. The van der Waals surface area contributed by atoms with Crippen molar-refractivity contribution in [1.29, 1.82) is 0 Å². The average Bonchev–Trinajstić information content (AvgIpc) is 3.48. The van der Waals surface area contributed by atoms with Gasteiger partial charge in [-0.15, -0.1) is 0 Å². The Bertz CT molecular complexity index is 1150. The molecule has 0 radical (unpaired) electrons. The number of amides is 1. The van der Waals surface area contributed by atoms with Crippen molar-refractivity contribution in [2.24, 2.45) is 11.8 Å². The van der Waals surface area contributed by atoms with Crippen LogP contribution >= 0.6 is 11.3 Å². The van der Waals surface area contributed by atoms with Gasteiger partial charge in [0.25, 0.3) is 5.91 Å². The number of rotatable bonds is 8. The van der Waals surface area contributed by atoms with Crippen molar-refractivity contribution in [3.05, 3.63) is 93.4 Å². The van der Waals surface area contributed by atoms with E-state index >= 15 is 0 Å². The van der Waals surface area contributed by atoms with Gasteiger partial charge in [0.15, 0.2) is 0 Å². The molecule has 1 amide bonds. The largest absolute Gasteiger partial charge is 0.416 e. The quantitative estimate of drug-likeness (QED) is 0.302. The van der Waals surface area contributed by atoms with E-state index < -0.39 is 17.6 Å². The van der Waals surface area contributed by atoms with Crippen molar-refractivity contribution in [3.63, 3.8) is 0 Å². The van der Waals surface area contributed by atoms with Crippen LogP contribution in [-0.2, 0) is 12.7 Å². The van der Waals surface area contributed by atoms with E-state index in [1.54, 1.807) is 22.3 Å². The van der Waals surface area contributed by atoms with Crippen LogP contribution in [0.3, 0.4) is 0 Å². The first kappa shape index (κ1) is 26.4. The van der Waals surface area contributed by atoms with E-state index in [1.165, 1.54) is 42.0 Å². The van der Waals surface area contributed by atoms with Crippen LogP contribution in [0.5, 0.6) is 0 Å². The molecule has 0 N–H and O–H groups in total. The number of thiophene rings is 1. The first-order valence-corrected chi connectivity index (χ1v) is 13.0. The highest BCUT2D eigenvalue weighted by Crippen LogP contribution is 2.37. The van der Waals surface area contributed by atoms with Crippen LogP contribution in [0.25, 0.3) is 0 Å². The molecule has 1 aliphatic heterocycles. The number of benzene rings is 2. The summed E-state index contributed by atoms with van der Waals surface area (Å²) in [5, 5.41) is 4.09. The lowest BCUT2D eigenvalue weighted by Gasteiger charge is -2.30. The maximum Gasteiger partial charge on any atom is 0.416 e. The van der Waals surface area contributed by atoms with Crippen LogP contribution in [0.15, 0.2) is 65.4 Å². The summed E-state index contributed by atoms with van der Waals surface area (Å²) in [6.45, 7) is 6.96. The maximum absolute atomic E-state index is 13.5. The summed E-state index contributed by atoms with van der Waals surface area (Å²) in [6.07, 6.45) is -4.41. The third-order valence-corrected chi connectivity index (χ3v) is 7.30. The second-order valence-corrected chi connectivity index (χ2v) is 10.7. The van der Waals surface area contributed by atoms with Gasteiger partial charge >= 0.3 is 6.18 Å². The van der Waals surface area contributed by atoms with E-state index in [-0.39, 0.29) is 23.7 Å². The predicted octanol–water partition coefficient (Wildman–Crippen LogP) is 6.92. The maximum atomic E-state index is 13.5. The van der Waals surface area contributed by atoms with Crippen molar-refractivity contribution in [2.75, 3.05) is 26.2 Å². The molecule has 8 heteroatoms. The Morgan fingerprint density at radius 1 is 1.11 bits per heavy atom. The Balaban J connectivity index is 1.62. The molecule has 3 nitrogen and oxygen atoms in total. The zero-order valence-electron chi connectivity index (χ0n) is 20.3. The molecule has 0 bridgehead atoms. The van der Waals surface area contributed by atoms with Crippen LogP contribution in [0, 0.1) is 17.7 Å². The average molecular weight is 519 g/mol. The lowest BCUT2D eigenvalue weighted by atomic mass is 9.87. The van der Waals surface area contributed by atoms with Crippen molar-refractivity contribution in [2.45, 2.75) is 32.5 Å². The van der Waals surface area contributed by atoms with Crippen LogP contribution in [-0.4, -0.2) is 41.9 Å². The Kier molecular flexibility index (Phi) is 8.15. The van der Waals surface area contributed by atoms with E-state index in [0.717, 1.165) is 6.07 Å². The Morgan fingerprint density at radius 3 is 2.50 bits per heavy atom. The topological polar surface area (TPSA) is 23.6 Å². The van der Waals surface area contributed by atoms with Gasteiger partial charge in [-0.2, -0.15) is 24.5 Å². The molecule has 1 fully saturated rings. The van der Waals surface area contributed by atoms with Crippen molar-refractivity contribution >= 4 is 17.2 Å². The molecule has 0 unspecified atom stereocenters. The highest BCUT2D eigenvalue weighted by molar-refractivity contribution is 7.07. The first-order valence-electron chi connectivity index (χ1n) is 12.1. The molecular formula is C28H30F4N2OS. The number of hydrogen-bond acceptors (Lipinski definition) is 3. The van der Waals surface area contributed by atoms with Gasteiger partial charge < -0.3 is 4.90 Å². The van der Waals surface area contributed by atoms with Gasteiger partial charge in [0, 0.05) is 44.2 Å². The van der Waals surface area contributed by atoms with E-state index in [2.05, 4.69) is 16.3 Å². The number of halogens is 4. The number of alkyl halides is 3. The van der Waals surface area contributed by atoms with Crippen molar-refractivity contribution < 1.29 is 22.4 Å². The molecular weight excluding hydrogens is 488 g/mol. The summed E-state index contributed by atoms with van der Waals surface area (Å²) in [6, 6.07) is 13.1. The van der Waals surface area contributed by atoms with Crippen molar-refractivity contribution in [1.82, 2.24) is 9.80 Å². The fourth-order valence-electron chi connectivity index (χ4n) is 4.98. The van der Waals surface area contributed by atoms with Crippen LogP contribution in [0.1, 0.15) is 46.8 Å². The third-order valence-electron chi connectivity index (χ3n) is 6.56. The highest BCUT2D eigenvalue weighted by atomic mass is 32.1. The Hall–Kier alpha value is -2.71. The molecule has 2 atom stereocenters. The molecule has 4 rings (SSSR count). The fraction of sp³-hybridized carbons (Fsp3) is 0.393. The molecule has 1 saturated heterocycles. The molecule has 0 saturated carbocycles. The first-order chi connectivity index (χ1) is 17.1. The van der Waals surface area contributed by atoms with E-state index in [9.17, 15) is 22.4 Å². The summed E-state index contributed by atoms with van der Waals surface area (Å²) in [5.41, 5.74) is 1.56. The lowest BCUT2D eigenvalue weighted by Crippen LogP contribution is -2.39. The van der Waals surface area contributed by atoms with Crippen LogP contribution < -0.4 is 0 Å². The number of carbonyl (C=O) groups excluding carboxylic acids is 1. The monoisotopic (exact) mass is 518 g/mol. The van der Waals surface area contributed by atoms with Gasteiger partial charge in [0.05, 0.1) is 5.56 Å². The number of nitrogens with zero attached hydrogens (tertiary/aromatic N) is 2. The van der Waals surface area contributed by atoms with Gasteiger partial charge in [-0.3, -0.25) is 9.69 Å². The molecule has 1 aliphatic rings. The molecule has 1 aromatic heterocycles. The van der Waals surface area contributed by atoms with E-state index in [0.29, 0.717) is 43.9 Å². The minimum absolute atomic E-state index is 0.0460. The normalized spacial score (nSPS) is 18.6. The van der Waals surface area contributed by atoms with Gasteiger partial charge in [-0.25, -0.2) is 4.39 Å². The highest BCUT2D eigenvalue weighted by Gasteiger charge is 2.38. The van der Waals surface area contributed by atoms with E-state index in [4.69, 9.17) is 0 Å². The smallest absolute Gasteiger partial charge is 0.338 e. The lowest BCUT2D eigenvalue weighted by molar-refractivity contribution is -0.137. The Labute approximate surface area is 213 Å². The third kappa shape index (κ3) is 6.53. The Morgan fingerprint density at radius 2 is 1.86 bits per heavy atom. The second kappa shape index (κ2) is 11.1. The van der Waals surface area contributed by atoms with Gasteiger partial charge in [0.1, 0.15) is 5.82 Å². The molecule has 0 spiro atoms. The van der Waals surface area contributed by atoms with Crippen LogP contribution in [0.2, 0.25) is 0 Å². The molecule has 192 valence electrons. The number of carbonyl (C=O) groups is 1. The predicted molar refractivity (Wildman–Crippen MR) is 134 cm³/mol. The summed E-state index contributed by atoms with van der Waals surface area (Å²) in [7, 11) is 0. The van der Waals surface area contributed by atoms with Gasteiger partial charge in [-0.05, 0) is 70.1 Å². The van der Waals surface area contributed by atoms with Crippen molar-refractivity contribution in [3.8, 4) is 0 Å². The van der Waals surface area contributed by atoms with Gasteiger partial charge in [-0.1, -0.05) is 32.0 Å². The number of likely N-dealkylation sites (tertiary alicyclic amines) is 1. The molecule has 2 heterocycles. The summed E-state index contributed by atoms with van der Waals surface area (Å²) in [5.74, 6) is -0.601. The fourth-order valence-corrected chi connectivity index (χ4v) is 5.64. The molecule has 2 aromatic carbocycles. The summed E-state index contributed by atoms with van der Waals surface area (Å²) in [4.78, 5) is 17.4. The zero-order chi connectivity index (χ0) is 25.9. The van der Waals surface area contributed by atoms with Crippen LogP contribution in [0.4, 0.5) is 17.6 Å². The molecule has 3 aromatic rings. The minimum atomic E-state index is -4.41. The SMILES string of the molecule is CC(C)CN(C[C@H]1CN(Cc2ccsc2)C[C@@H]1c1cccc(C(F)(F)F)c1)C(=O)c1ccc(F)cc1. The van der Waals surface area contributed by atoms with Gasteiger partial charge in [0.2, 0.25) is 0 Å². The number of hydrogen-bond donors (Lipinski definition) is 0. The minimum Gasteiger partial charge on any atom is -0.338 e.